The molecule has 0 heterocycles. The monoisotopic (exact) mass is 337 g/mol. The number of Topliss-reactive ketones (excluding diaryl/α,β-unsaturated/α-hetero) is 1. The minimum Gasteiger partial charge on any atom is -0.295 e. The normalized spacial score (nSPS) is 11.4. The van der Waals surface area contributed by atoms with Crippen molar-refractivity contribution >= 4 is 27.4 Å². The van der Waals surface area contributed by atoms with Crippen LogP contribution in [0.25, 0.3) is 0 Å². The summed E-state index contributed by atoms with van der Waals surface area (Å²) < 4.78 is 26.8. The maximum Gasteiger partial charge on any atom is 0.240 e. The minimum atomic E-state index is -3.57. The first-order valence-electron chi connectivity index (χ1n) is 6.73. The zero-order valence-electron chi connectivity index (χ0n) is 12.0. The molecule has 0 amide bonds. The smallest absolute Gasteiger partial charge is 0.240 e. The maximum absolute atomic E-state index is 12.1. The molecule has 4 nitrogen and oxygen atoms in total. The summed E-state index contributed by atoms with van der Waals surface area (Å²) >= 11 is 5.80. The molecule has 0 aliphatic heterocycles. The molecule has 0 fully saturated rings. The lowest BCUT2D eigenvalue weighted by atomic mass is 10.2. The molecule has 0 aromatic heterocycles. The Bertz CT molecular complexity index is 753. The van der Waals surface area contributed by atoms with Gasteiger partial charge in [-0.1, -0.05) is 35.9 Å². The molecule has 2 rings (SSSR count). The fraction of sp³-hybridized carbons (Fsp3) is 0.188. The zero-order chi connectivity index (χ0) is 16.2. The van der Waals surface area contributed by atoms with E-state index in [1.54, 1.807) is 12.1 Å². The molecule has 2 aromatic carbocycles. The van der Waals surface area contributed by atoms with E-state index in [0.29, 0.717) is 23.6 Å². The third kappa shape index (κ3) is 4.40. The molecule has 22 heavy (non-hydrogen) atoms. The molecule has 0 radical (unpaired) electrons. The van der Waals surface area contributed by atoms with E-state index in [0.717, 1.165) is 5.56 Å². The van der Waals surface area contributed by atoms with Crippen LogP contribution < -0.4 is 4.72 Å². The number of carbonyl (C=O) groups is 1. The molecule has 0 saturated carbocycles. The second kappa shape index (κ2) is 7.05. The Labute approximate surface area is 135 Å². The fourth-order valence-electron chi connectivity index (χ4n) is 1.93. The Morgan fingerprint density at radius 3 is 2.18 bits per heavy atom. The van der Waals surface area contributed by atoms with Crippen LogP contribution in [0.5, 0.6) is 0 Å². The van der Waals surface area contributed by atoms with E-state index in [-0.39, 0.29) is 10.7 Å². The summed E-state index contributed by atoms with van der Waals surface area (Å²) in [6.07, 6.45) is 0.571. The molecule has 6 heteroatoms. The van der Waals surface area contributed by atoms with E-state index in [1.165, 1.54) is 31.2 Å². The largest absolute Gasteiger partial charge is 0.295 e. The summed E-state index contributed by atoms with van der Waals surface area (Å²) in [5.74, 6) is -0.0976. The number of carbonyl (C=O) groups excluding carboxylic acids is 1. The summed E-state index contributed by atoms with van der Waals surface area (Å²) in [7, 11) is -3.57. The van der Waals surface area contributed by atoms with Crippen LogP contribution in [0.3, 0.4) is 0 Å². The van der Waals surface area contributed by atoms with Crippen LogP contribution in [0.15, 0.2) is 53.4 Å². The third-order valence-corrected chi connectivity index (χ3v) is 4.92. The van der Waals surface area contributed by atoms with Gasteiger partial charge in [-0.3, -0.25) is 4.79 Å². The second-order valence-corrected chi connectivity index (χ2v) is 7.06. The highest BCUT2D eigenvalue weighted by Gasteiger charge is 2.13. The number of nitrogens with one attached hydrogen (secondary N) is 1. The molecule has 0 atom stereocenters. The molecule has 0 unspecified atom stereocenters. The van der Waals surface area contributed by atoms with Gasteiger partial charge in [0.2, 0.25) is 10.0 Å². The van der Waals surface area contributed by atoms with Gasteiger partial charge in [-0.15, -0.1) is 0 Å². The number of benzene rings is 2. The summed E-state index contributed by atoms with van der Waals surface area (Å²) in [5.41, 5.74) is 1.49. The number of ketones is 1. The van der Waals surface area contributed by atoms with Gasteiger partial charge in [0.05, 0.1) is 4.90 Å². The van der Waals surface area contributed by atoms with E-state index < -0.39 is 10.0 Å². The Kier molecular flexibility index (Phi) is 5.34. The van der Waals surface area contributed by atoms with Crippen molar-refractivity contribution in [3.63, 3.8) is 0 Å². The van der Waals surface area contributed by atoms with Crippen molar-refractivity contribution in [1.82, 2.24) is 4.72 Å². The van der Waals surface area contributed by atoms with Gasteiger partial charge in [0.15, 0.2) is 5.78 Å². The molecule has 0 spiro atoms. The van der Waals surface area contributed by atoms with Gasteiger partial charge in [0.25, 0.3) is 0 Å². The van der Waals surface area contributed by atoms with Gasteiger partial charge < -0.3 is 0 Å². The summed E-state index contributed by atoms with van der Waals surface area (Å²) in [5, 5.41) is 0.648. The van der Waals surface area contributed by atoms with Gasteiger partial charge in [0, 0.05) is 17.1 Å². The van der Waals surface area contributed by atoms with E-state index in [9.17, 15) is 13.2 Å². The summed E-state index contributed by atoms with van der Waals surface area (Å²) in [4.78, 5) is 11.3. The van der Waals surface area contributed by atoms with Crippen molar-refractivity contribution in [2.24, 2.45) is 0 Å². The average Bonchev–Trinajstić information content (AvgIpc) is 2.49. The molecule has 1 N–H and O–H groups in total. The molecule has 0 saturated heterocycles. The number of hydrogen-bond acceptors (Lipinski definition) is 3. The van der Waals surface area contributed by atoms with Crippen LogP contribution in [0.1, 0.15) is 22.8 Å². The molecule has 0 aliphatic rings. The summed E-state index contributed by atoms with van der Waals surface area (Å²) in [6.45, 7) is 1.73. The van der Waals surface area contributed by atoms with Crippen LogP contribution in [0.2, 0.25) is 5.02 Å². The first-order chi connectivity index (χ1) is 10.4. The molecule has 0 aliphatic carbocycles. The summed E-state index contributed by atoms with van der Waals surface area (Å²) in [6, 6.07) is 13.1. The van der Waals surface area contributed by atoms with E-state index >= 15 is 0 Å². The van der Waals surface area contributed by atoms with Crippen molar-refractivity contribution in [2.75, 3.05) is 6.54 Å². The SMILES string of the molecule is CC(=O)c1ccc(S(=O)(=O)NCCc2ccc(Cl)cc2)cc1. The van der Waals surface area contributed by atoms with Crippen LogP contribution in [-0.2, 0) is 16.4 Å². The highest BCUT2D eigenvalue weighted by molar-refractivity contribution is 7.89. The van der Waals surface area contributed by atoms with Gasteiger partial charge in [-0.2, -0.15) is 0 Å². The molecule has 0 bridgehead atoms. The lowest BCUT2D eigenvalue weighted by Crippen LogP contribution is -2.26. The van der Waals surface area contributed by atoms with Crippen LogP contribution >= 0.6 is 11.6 Å². The predicted octanol–water partition coefficient (Wildman–Crippen LogP) is 3.06. The molecule has 116 valence electrons. The van der Waals surface area contributed by atoms with Crippen molar-refractivity contribution in [3.8, 4) is 0 Å². The van der Waals surface area contributed by atoms with Crippen molar-refractivity contribution < 1.29 is 13.2 Å². The predicted molar refractivity (Wildman–Crippen MR) is 86.8 cm³/mol. The zero-order valence-corrected chi connectivity index (χ0v) is 13.6. The highest BCUT2D eigenvalue weighted by Crippen LogP contribution is 2.12. The quantitative estimate of drug-likeness (QED) is 0.824. The number of hydrogen-bond donors (Lipinski definition) is 1. The Morgan fingerprint density at radius 1 is 1.05 bits per heavy atom. The Balaban J connectivity index is 1.98. The van der Waals surface area contributed by atoms with Gasteiger partial charge in [-0.05, 0) is 43.2 Å². The average molecular weight is 338 g/mol. The van der Waals surface area contributed by atoms with E-state index in [1.807, 2.05) is 12.1 Å². The number of sulfonamides is 1. The lowest BCUT2D eigenvalue weighted by Gasteiger charge is -2.07. The minimum absolute atomic E-state index is 0.0976. The topological polar surface area (TPSA) is 63.2 Å². The standard InChI is InChI=1S/C16H16ClNO3S/c1-12(19)14-4-8-16(9-5-14)22(20,21)18-11-10-13-2-6-15(17)7-3-13/h2-9,18H,10-11H2,1H3. The Morgan fingerprint density at radius 2 is 1.64 bits per heavy atom. The molecular weight excluding hydrogens is 322 g/mol. The number of rotatable bonds is 6. The van der Waals surface area contributed by atoms with Crippen LogP contribution in [-0.4, -0.2) is 20.7 Å². The van der Waals surface area contributed by atoms with E-state index in [2.05, 4.69) is 4.72 Å². The first-order valence-corrected chi connectivity index (χ1v) is 8.60. The van der Waals surface area contributed by atoms with Crippen molar-refractivity contribution in [1.29, 1.82) is 0 Å². The Hall–Kier alpha value is -1.69. The maximum atomic E-state index is 12.1. The second-order valence-electron chi connectivity index (χ2n) is 4.85. The van der Waals surface area contributed by atoms with Crippen molar-refractivity contribution in [3.05, 3.63) is 64.7 Å². The fourth-order valence-corrected chi connectivity index (χ4v) is 3.09. The van der Waals surface area contributed by atoms with Gasteiger partial charge >= 0.3 is 0 Å². The van der Waals surface area contributed by atoms with Crippen molar-refractivity contribution in [2.45, 2.75) is 18.2 Å². The van der Waals surface area contributed by atoms with Crippen LogP contribution in [0, 0.1) is 0 Å². The van der Waals surface area contributed by atoms with E-state index in [4.69, 9.17) is 11.6 Å². The third-order valence-electron chi connectivity index (χ3n) is 3.19. The number of halogens is 1. The van der Waals surface area contributed by atoms with Gasteiger partial charge in [-0.25, -0.2) is 13.1 Å². The van der Waals surface area contributed by atoms with Crippen LogP contribution in [0.4, 0.5) is 0 Å². The lowest BCUT2D eigenvalue weighted by molar-refractivity contribution is 0.101. The molecule has 2 aromatic rings. The first kappa shape index (κ1) is 16.7. The molecular formula is C16H16ClNO3S. The highest BCUT2D eigenvalue weighted by atomic mass is 35.5. The van der Waals surface area contributed by atoms with Gasteiger partial charge in [0.1, 0.15) is 0 Å².